The highest BCUT2D eigenvalue weighted by atomic mass is 35.5. The minimum atomic E-state index is -0.499. The molecule has 2 fully saturated rings. The highest BCUT2D eigenvalue weighted by Gasteiger charge is 2.47. The average molecular weight is 499 g/mol. The number of benzene rings is 2. The maximum Gasteiger partial charge on any atom is 0.327 e. The number of amides is 4. The zero-order chi connectivity index (χ0) is 24.2. The number of hydrogen-bond donors (Lipinski definition) is 1. The fourth-order valence-corrected chi connectivity index (χ4v) is 5.18. The summed E-state index contributed by atoms with van der Waals surface area (Å²) in [6.07, 6.45) is 3.23. The van der Waals surface area contributed by atoms with Crippen LogP contribution in [0.2, 0.25) is 10.0 Å². The predicted octanol–water partition coefficient (Wildman–Crippen LogP) is 4.50. The molecule has 2 aromatic carbocycles. The Kier molecular flexibility index (Phi) is 7.40. The van der Waals surface area contributed by atoms with Gasteiger partial charge in [0.2, 0.25) is 11.8 Å². The van der Waals surface area contributed by atoms with E-state index in [-0.39, 0.29) is 37.5 Å². The molecule has 2 atom stereocenters. The van der Waals surface area contributed by atoms with Crippen LogP contribution in [-0.2, 0) is 22.7 Å². The Bertz CT molecular complexity index is 1160. The molecule has 2 aromatic rings. The van der Waals surface area contributed by atoms with Gasteiger partial charge in [0.25, 0.3) is 0 Å². The molecular weight excluding hydrogens is 475 g/mol. The number of imide groups is 1. The van der Waals surface area contributed by atoms with Crippen molar-refractivity contribution in [2.45, 2.75) is 44.8 Å². The van der Waals surface area contributed by atoms with Gasteiger partial charge in [0, 0.05) is 29.2 Å². The van der Waals surface area contributed by atoms with Gasteiger partial charge in [0.1, 0.15) is 6.54 Å². The summed E-state index contributed by atoms with van der Waals surface area (Å²) in [5, 5.41) is 13.1. The number of fused-ring (bicyclic) bond motifs is 1. The van der Waals surface area contributed by atoms with Crippen molar-refractivity contribution in [3.05, 3.63) is 69.2 Å². The number of nitriles is 1. The second-order valence-electron chi connectivity index (χ2n) is 8.57. The van der Waals surface area contributed by atoms with E-state index in [1.165, 1.54) is 0 Å². The molecule has 1 saturated carbocycles. The van der Waals surface area contributed by atoms with Crippen molar-refractivity contribution in [2.75, 3.05) is 6.54 Å². The lowest BCUT2D eigenvalue weighted by molar-refractivity contribution is -0.143. The first-order valence-electron chi connectivity index (χ1n) is 11.2. The molecule has 4 rings (SSSR count). The fourth-order valence-electron chi connectivity index (χ4n) is 4.70. The number of carbonyl (C=O) groups is 3. The van der Waals surface area contributed by atoms with Gasteiger partial charge in [-0.1, -0.05) is 60.3 Å². The summed E-state index contributed by atoms with van der Waals surface area (Å²) < 4.78 is 0. The van der Waals surface area contributed by atoms with Gasteiger partial charge in [-0.25, -0.2) is 4.79 Å². The molecule has 0 aromatic heterocycles. The van der Waals surface area contributed by atoms with Crippen LogP contribution in [0.5, 0.6) is 0 Å². The van der Waals surface area contributed by atoms with Gasteiger partial charge in [-0.05, 0) is 42.2 Å². The molecular formula is C25H24Cl2N4O3. The highest BCUT2D eigenvalue weighted by molar-refractivity contribution is 6.35. The first kappa shape index (κ1) is 24.1. The summed E-state index contributed by atoms with van der Waals surface area (Å²) in [4.78, 5) is 42.0. The van der Waals surface area contributed by atoms with Gasteiger partial charge in [-0.3, -0.25) is 14.5 Å². The lowest BCUT2D eigenvalue weighted by Gasteiger charge is -2.46. The first-order chi connectivity index (χ1) is 16.4. The molecule has 0 spiro atoms. The monoisotopic (exact) mass is 498 g/mol. The number of nitrogens with zero attached hydrogens (tertiary/aromatic N) is 3. The molecule has 1 aliphatic carbocycles. The SMILES string of the molecule is N#Cc1ccccc1CN1C(=O)N(CC(=O)NCc2ccc(Cl)cc2Cl)C(=O)C2CCCCC21. The van der Waals surface area contributed by atoms with Crippen LogP contribution < -0.4 is 5.32 Å². The van der Waals surface area contributed by atoms with Crippen LogP contribution in [0, 0.1) is 17.2 Å². The maximum atomic E-state index is 13.4. The number of hydrogen-bond acceptors (Lipinski definition) is 4. The van der Waals surface area contributed by atoms with E-state index in [1.807, 2.05) is 12.1 Å². The minimum absolute atomic E-state index is 0.149. The molecule has 7 nitrogen and oxygen atoms in total. The van der Waals surface area contributed by atoms with E-state index in [0.29, 0.717) is 27.6 Å². The Labute approximate surface area is 208 Å². The largest absolute Gasteiger partial charge is 0.350 e. The Balaban J connectivity index is 1.51. The van der Waals surface area contributed by atoms with Gasteiger partial charge >= 0.3 is 6.03 Å². The van der Waals surface area contributed by atoms with Gasteiger partial charge in [-0.2, -0.15) is 5.26 Å². The van der Waals surface area contributed by atoms with Crippen molar-refractivity contribution in [1.82, 2.24) is 15.1 Å². The van der Waals surface area contributed by atoms with E-state index in [9.17, 15) is 19.6 Å². The van der Waals surface area contributed by atoms with Crippen LogP contribution in [0.3, 0.4) is 0 Å². The first-order valence-corrected chi connectivity index (χ1v) is 11.9. The molecule has 1 aliphatic heterocycles. The smallest absolute Gasteiger partial charge is 0.327 e. The van der Waals surface area contributed by atoms with Crippen LogP contribution >= 0.6 is 23.2 Å². The van der Waals surface area contributed by atoms with Crippen molar-refractivity contribution >= 4 is 41.0 Å². The van der Waals surface area contributed by atoms with Crippen molar-refractivity contribution < 1.29 is 14.4 Å². The van der Waals surface area contributed by atoms with E-state index in [4.69, 9.17) is 23.2 Å². The minimum Gasteiger partial charge on any atom is -0.350 e. The third-order valence-corrected chi connectivity index (χ3v) is 7.05. The number of halogens is 2. The molecule has 2 unspecified atom stereocenters. The maximum absolute atomic E-state index is 13.4. The van der Waals surface area contributed by atoms with Crippen LogP contribution in [0.25, 0.3) is 0 Å². The lowest BCUT2D eigenvalue weighted by atomic mass is 9.81. The second kappa shape index (κ2) is 10.5. The Morgan fingerprint density at radius 3 is 2.62 bits per heavy atom. The zero-order valence-corrected chi connectivity index (χ0v) is 20.0. The summed E-state index contributed by atoms with van der Waals surface area (Å²) in [5.74, 6) is -1.11. The van der Waals surface area contributed by atoms with E-state index < -0.39 is 11.9 Å². The second-order valence-corrected chi connectivity index (χ2v) is 9.42. The molecule has 1 N–H and O–H groups in total. The Hall–Kier alpha value is -3.08. The Morgan fingerprint density at radius 2 is 1.85 bits per heavy atom. The number of urea groups is 1. The summed E-state index contributed by atoms with van der Waals surface area (Å²) >= 11 is 12.1. The van der Waals surface area contributed by atoms with Crippen molar-refractivity contribution in [1.29, 1.82) is 5.26 Å². The number of carbonyl (C=O) groups excluding carboxylic acids is 3. The third kappa shape index (κ3) is 5.03. The molecule has 34 heavy (non-hydrogen) atoms. The van der Waals surface area contributed by atoms with Gasteiger partial charge in [0.15, 0.2) is 0 Å². The molecule has 1 saturated heterocycles. The van der Waals surface area contributed by atoms with Crippen molar-refractivity contribution in [3.63, 3.8) is 0 Å². The normalized spacial score (nSPS) is 20.0. The molecule has 176 valence electrons. The summed E-state index contributed by atoms with van der Waals surface area (Å²) in [6, 6.07) is 13.5. The lowest BCUT2D eigenvalue weighted by Crippen LogP contribution is -2.63. The van der Waals surface area contributed by atoms with E-state index in [0.717, 1.165) is 29.7 Å². The third-order valence-electron chi connectivity index (χ3n) is 6.46. The molecule has 4 amide bonds. The number of nitrogens with one attached hydrogen (secondary N) is 1. The molecule has 2 aliphatic rings. The van der Waals surface area contributed by atoms with E-state index in [1.54, 1.807) is 35.2 Å². The van der Waals surface area contributed by atoms with Crippen LogP contribution in [0.4, 0.5) is 4.79 Å². The van der Waals surface area contributed by atoms with E-state index in [2.05, 4.69) is 11.4 Å². The van der Waals surface area contributed by atoms with Crippen molar-refractivity contribution in [3.8, 4) is 6.07 Å². The van der Waals surface area contributed by atoms with Gasteiger partial charge in [0.05, 0.1) is 17.6 Å². The van der Waals surface area contributed by atoms with Gasteiger partial charge < -0.3 is 10.2 Å². The quantitative estimate of drug-likeness (QED) is 0.633. The number of rotatable bonds is 6. The van der Waals surface area contributed by atoms with Crippen LogP contribution in [0.1, 0.15) is 42.4 Å². The fraction of sp³-hybridized carbons (Fsp3) is 0.360. The zero-order valence-electron chi connectivity index (χ0n) is 18.5. The van der Waals surface area contributed by atoms with E-state index >= 15 is 0 Å². The summed E-state index contributed by atoms with van der Waals surface area (Å²) in [6.45, 7) is -0.00558. The summed E-state index contributed by atoms with van der Waals surface area (Å²) in [7, 11) is 0. The van der Waals surface area contributed by atoms with Gasteiger partial charge in [-0.15, -0.1) is 0 Å². The average Bonchev–Trinajstić information content (AvgIpc) is 2.84. The molecule has 0 radical (unpaired) electrons. The molecule has 9 heteroatoms. The molecule has 0 bridgehead atoms. The van der Waals surface area contributed by atoms with Crippen molar-refractivity contribution in [2.24, 2.45) is 5.92 Å². The Morgan fingerprint density at radius 1 is 1.09 bits per heavy atom. The standard InChI is InChI=1S/C25H24Cl2N4O3/c26-19-10-9-17(21(27)11-19)13-29-23(32)15-31-24(33)20-7-3-4-8-22(20)30(25(31)34)14-18-6-2-1-5-16(18)12-28/h1-2,5-6,9-11,20,22H,3-4,7-8,13-15H2,(H,29,32). The van der Waals surface area contributed by atoms with Crippen LogP contribution in [-0.4, -0.2) is 40.2 Å². The summed E-state index contributed by atoms with van der Waals surface area (Å²) in [5.41, 5.74) is 1.89. The topological polar surface area (TPSA) is 93.5 Å². The predicted molar refractivity (Wildman–Crippen MR) is 128 cm³/mol. The highest BCUT2D eigenvalue weighted by Crippen LogP contribution is 2.35. The van der Waals surface area contributed by atoms with Crippen LogP contribution in [0.15, 0.2) is 42.5 Å². The molecule has 1 heterocycles.